The Balaban J connectivity index is 2.42. The van der Waals surface area contributed by atoms with Crippen LogP contribution in [-0.2, 0) is 6.42 Å². The van der Waals surface area contributed by atoms with E-state index in [1.807, 2.05) is 6.92 Å². The molecule has 0 atom stereocenters. The number of pyridine rings is 1. The second-order valence-electron chi connectivity index (χ2n) is 4.82. The molecule has 3 aromatic rings. The summed E-state index contributed by atoms with van der Waals surface area (Å²) in [6, 6.07) is 8.41. The molecule has 0 amide bonds. The minimum absolute atomic E-state index is 0.672. The quantitative estimate of drug-likeness (QED) is 0.682. The molecule has 0 spiro atoms. The number of alkyl halides is 1. The molecule has 0 aliphatic heterocycles. The Bertz CT molecular complexity index is 746. The fourth-order valence-corrected chi connectivity index (χ4v) is 2.84. The highest BCUT2D eigenvalue weighted by molar-refractivity contribution is 6.17. The van der Waals surface area contributed by atoms with Gasteiger partial charge in [0.25, 0.3) is 0 Å². The molecule has 0 aliphatic carbocycles. The van der Waals surface area contributed by atoms with Gasteiger partial charge < -0.3 is 0 Å². The summed E-state index contributed by atoms with van der Waals surface area (Å²) in [6.07, 6.45) is 1.91. The van der Waals surface area contributed by atoms with Gasteiger partial charge in [0.15, 0.2) is 5.65 Å². The van der Waals surface area contributed by atoms with Gasteiger partial charge in [0.2, 0.25) is 0 Å². The lowest BCUT2D eigenvalue weighted by molar-refractivity contribution is 0.917. The van der Waals surface area contributed by atoms with E-state index in [0.717, 1.165) is 24.3 Å². The minimum Gasteiger partial charge on any atom is -0.279 e. The first-order valence-electron chi connectivity index (χ1n) is 6.52. The maximum absolute atomic E-state index is 5.84. The minimum atomic E-state index is 0.672. The Morgan fingerprint density at radius 2 is 1.95 bits per heavy atom. The Morgan fingerprint density at radius 1 is 1.16 bits per heavy atom. The molecule has 0 aliphatic rings. The normalized spacial score (nSPS) is 11.5. The van der Waals surface area contributed by atoms with Crippen molar-refractivity contribution in [3.63, 3.8) is 0 Å². The van der Waals surface area contributed by atoms with E-state index in [1.165, 1.54) is 22.0 Å². The number of aryl methyl sites for hydroxylation is 3. The lowest BCUT2D eigenvalue weighted by Crippen LogP contribution is -2.01. The number of benzene rings is 1. The van der Waals surface area contributed by atoms with Gasteiger partial charge in [0.1, 0.15) is 5.82 Å². The third-order valence-electron chi connectivity index (χ3n) is 3.66. The van der Waals surface area contributed by atoms with Crippen LogP contribution in [0, 0.1) is 13.8 Å². The first-order chi connectivity index (χ1) is 9.24. The molecule has 3 rings (SSSR count). The second kappa shape index (κ2) is 4.82. The average Bonchev–Trinajstić information content (AvgIpc) is 2.81. The van der Waals surface area contributed by atoms with E-state index >= 15 is 0 Å². The number of para-hydroxylation sites is 1. The average molecular weight is 274 g/mol. The molecule has 4 heteroatoms. The van der Waals surface area contributed by atoms with Crippen molar-refractivity contribution in [2.24, 2.45) is 0 Å². The molecule has 98 valence electrons. The smallest absolute Gasteiger partial charge is 0.164 e. The van der Waals surface area contributed by atoms with Crippen LogP contribution in [0.15, 0.2) is 24.3 Å². The fourth-order valence-electron chi connectivity index (χ4n) is 2.71. The maximum Gasteiger partial charge on any atom is 0.164 e. The number of aromatic nitrogens is 3. The van der Waals surface area contributed by atoms with Crippen molar-refractivity contribution in [2.45, 2.75) is 26.7 Å². The summed E-state index contributed by atoms with van der Waals surface area (Å²) < 4.78 is 2.14. The van der Waals surface area contributed by atoms with Crippen molar-refractivity contribution in [2.75, 3.05) is 5.88 Å². The van der Waals surface area contributed by atoms with Crippen molar-refractivity contribution < 1.29 is 0 Å². The Kier molecular flexibility index (Phi) is 3.15. The van der Waals surface area contributed by atoms with Crippen LogP contribution >= 0.6 is 11.6 Å². The maximum atomic E-state index is 5.84. The van der Waals surface area contributed by atoms with Crippen LogP contribution in [0.2, 0.25) is 0 Å². The van der Waals surface area contributed by atoms with Gasteiger partial charge in [-0.15, -0.1) is 21.8 Å². The van der Waals surface area contributed by atoms with Crippen LogP contribution in [0.1, 0.15) is 23.4 Å². The van der Waals surface area contributed by atoms with Crippen LogP contribution in [0.25, 0.3) is 16.6 Å². The molecule has 0 unspecified atom stereocenters. The van der Waals surface area contributed by atoms with Gasteiger partial charge >= 0.3 is 0 Å². The number of hydrogen-bond donors (Lipinski definition) is 0. The molecule has 0 saturated carbocycles. The largest absolute Gasteiger partial charge is 0.279 e. The van der Waals surface area contributed by atoms with Gasteiger partial charge in [-0.25, -0.2) is 0 Å². The SMILES string of the molecule is Cc1c(CCCCl)c2nnc(C)n2c2ccccc12. The highest BCUT2D eigenvalue weighted by atomic mass is 35.5. The van der Waals surface area contributed by atoms with Gasteiger partial charge in [-0.1, -0.05) is 18.2 Å². The molecule has 0 radical (unpaired) electrons. The molecule has 2 aromatic heterocycles. The number of halogens is 1. The monoisotopic (exact) mass is 273 g/mol. The van der Waals surface area contributed by atoms with Gasteiger partial charge in [0, 0.05) is 16.8 Å². The van der Waals surface area contributed by atoms with Gasteiger partial charge in [-0.3, -0.25) is 4.40 Å². The molecule has 0 fully saturated rings. The van der Waals surface area contributed by atoms with Gasteiger partial charge in [0.05, 0.1) is 5.52 Å². The second-order valence-corrected chi connectivity index (χ2v) is 5.20. The summed E-state index contributed by atoms with van der Waals surface area (Å²) in [4.78, 5) is 0. The van der Waals surface area contributed by atoms with E-state index in [4.69, 9.17) is 11.6 Å². The Labute approximate surface area is 117 Å². The predicted molar refractivity (Wildman–Crippen MR) is 79.0 cm³/mol. The number of nitrogens with zero attached hydrogens (tertiary/aromatic N) is 3. The highest BCUT2D eigenvalue weighted by Crippen LogP contribution is 2.27. The van der Waals surface area contributed by atoms with Crippen LogP contribution in [0.4, 0.5) is 0 Å². The van der Waals surface area contributed by atoms with Crippen molar-refractivity contribution >= 4 is 28.2 Å². The summed E-state index contributed by atoms with van der Waals surface area (Å²) in [5.74, 6) is 1.60. The number of rotatable bonds is 3. The predicted octanol–water partition coefficient (Wildman–Crippen LogP) is 3.67. The van der Waals surface area contributed by atoms with Crippen molar-refractivity contribution in [1.82, 2.24) is 14.6 Å². The molecular weight excluding hydrogens is 258 g/mol. The molecule has 3 nitrogen and oxygen atoms in total. The Hall–Kier alpha value is -1.61. The van der Waals surface area contributed by atoms with E-state index in [1.54, 1.807) is 0 Å². The molecular formula is C15H16ClN3. The third kappa shape index (κ3) is 1.89. The van der Waals surface area contributed by atoms with Crippen LogP contribution in [-0.4, -0.2) is 20.5 Å². The lowest BCUT2D eigenvalue weighted by atomic mass is 10.0. The zero-order chi connectivity index (χ0) is 13.4. The van der Waals surface area contributed by atoms with Crippen molar-refractivity contribution in [3.05, 3.63) is 41.2 Å². The molecule has 0 N–H and O–H groups in total. The van der Waals surface area contributed by atoms with Crippen LogP contribution in [0.3, 0.4) is 0 Å². The Morgan fingerprint density at radius 3 is 2.74 bits per heavy atom. The summed E-state index contributed by atoms with van der Waals surface area (Å²) in [7, 11) is 0. The summed E-state index contributed by atoms with van der Waals surface area (Å²) in [5, 5.41) is 9.85. The van der Waals surface area contributed by atoms with Crippen molar-refractivity contribution in [1.29, 1.82) is 0 Å². The van der Waals surface area contributed by atoms with Crippen LogP contribution in [0.5, 0.6) is 0 Å². The molecule has 2 heterocycles. The summed E-state index contributed by atoms with van der Waals surface area (Å²) in [6.45, 7) is 4.16. The molecule has 0 saturated heterocycles. The van der Waals surface area contributed by atoms with Gasteiger partial charge in [-0.2, -0.15) is 0 Å². The first-order valence-corrected chi connectivity index (χ1v) is 7.05. The van der Waals surface area contributed by atoms with Gasteiger partial charge in [-0.05, 0) is 38.3 Å². The molecule has 19 heavy (non-hydrogen) atoms. The summed E-state index contributed by atoms with van der Waals surface area (Å²) in [5.41, 5.74) is 4.70. The zero-order valence-corrected chi connectivity index (χ0v) is 11.9. The zero-order valence-electron chi connectivity index (χ0n) is 11.2. The molecule has 1 aromatic carbocycles. The van der Waals surface area contributed by atoms with E-state index in [9.17, 15) is 0 Å². The fraction of sp³-hybridized carbons (Fsp3) is 0.333. The lowest BCUT2D eigenvalue weighted by Gasteiger charge is -2.12. The standard InChI is InChI=1S/C15H16ClN3/c1-10-12-6-3-4-8-14(12)19-11(2)17-18-15(19)13(10)7-5-9-16/h3-4,6,8H,5,7,9H2,1-2H3. The van der Waals surface area contributed by atoms with E-state index < -0.39 is 0 Å². The third-order valence-corrected chi connectivity index (χ3v) is 3.92. The molecule has 0 bridgehead atoms. The topological polar surface area (TPSA) is 30.2 Å². The van der Waals surface area contributed by atoms with E-state index in [2.05, 4.69) is 45.8 Å². The number of fused-ring (bicyclic) bond motifs is 3. The van der Waals surface area contributed by atoms with E-state index in [-0.39, 0.29) is 0 Å². The van der Waals surface area contributed by atoms with Crippen molar-refractivity contribution in [3.8, 4) is 0 Å². The number of hydrogen-bond acceptors (Lipinski definition) is 2. The highest BCUT2D eigenvalue weighted by Gasteiger charge is 2.14. The van der Waals surface area contributed by atoms with E-state index in [0.29, 0.717) is 5.88 Å². The van der Waals surface area contributed by atoms with Crippen LogP contribution < -0.4 is 0 Å². The summed E-state index contributed by atoms with van der Waals surface area (Å²) >= 11 is 5.84. The first kappa shape index (κ1) is 12.4.